The van der Waals surface area contributed by atoms with Gasteiger partial charge in [-0.05, 0) is 31.9 Å². The molecule has 0 heterocycles. The number of anilines is 1. The van der Waals surface area contributed by atoms with Crippen molar-refractivity contribution in [1.29, 1.82) is 0 Å². The lowest BCUT2D eigenvalue weighted by atomic mass is 10.0. The standard InChI is InChI=1S/4C12F10.C11H17N/c4*13-3-1(4(14)8(18)11(21)7(3)17)2-5(15)9(19)12(22)10(20)6(2)16;1-8-6-9(2)11(12(4)5)10(3)7-8/h;;;;6-7H,1-5H3. The molecule has 0 spiro atoms. The van der Waals surface area contributed by atoms with Crippen LogP contribution in [0.15, 0.2) is 12.1 Å². The summed E-state index contributed by atoms with van der Waals surface area (Å²) in [5.41, 5.74) is -12.7. The Balaban J connectivity index is 0.000000228. The van der Waals surface area contributed by atoms with Crippen LogP contribution < -0.4 is 4.90 Å². The normalized spacial score (nSPS) is 11.1. The molecule has 1 nitrogen and oxygen atoms in total. The Morgan fingerprint density at radius 1 is 0.150 bits per heavy atom. The maximum absolute atomic E-state index is 13.4. The van der Waals surface area contributed by atoms with Gasteiger partial charge in [0.15, 0.2) is 186 Å². The Hall–Kier alpha value is -10.0. The quantitative estimate of drug-likeness (QED) is 0.0943. The van der Waals surface area contributed by atoms with Crippen molar-refractivity contribution < 1.29 is 176 Å². The summed E-state index contributed by atoms with van der Waals surface area (Å²) in [5, 5.41) is 0. The molecule has 0 bridgehead atoms. The van der Waals surface area contributed by atoms with Gasteiger partial charge in [-0.3, -0.25) is 0 Å². The van der Waals surface area contributed by atoms with Crippen molar-refractivity contribution in [3.8, 4) is 44.5 Å². The average Bonchev–Trinajstić information content (AvgIpc) is 0.769. The van der Waals surface area contributed by atoms with Gasteiger partial charge in [-0.25, -0.2) is 176 Å². The van der Waals surface area contributed by atoms with Crippen LogP contribution in [0.2, 0.25) is 0 Å². The molecule has 0 aromatic heterocycles. The Bertz CT molecular complexity index is 3780. The van der Waals surface area contributed by atoms with Crippen molar-refractivity contribution in [3.63, 3.8) is 0 Å². The Kier molecular flexibility index (Phi) is 24.4. The van der Waals surface area contributed by atoms with E-state index in [4.69, 9.17) is 0 Å². The minimum atomic E-state index is -2.68. The van der Waals surface area contributed by atoms with E-state index in [2.05, 4.69) is 51.9 Å². The number of benzene rings is 9. The minimum absolute atomic E-state index is 1.34. The predicted molar refractivity (Wildman–Crippen MR) is 261 cm³/mol. The molecule has 0 aliphatic carbocycles. The molecule has 538 valence electrons. The van der Waals surface area contributed by atoms with Crippen molar-refractivity contribution in [2.75, 3.05) is 19.0 Å². The van der Waals surface area contributed by atoms with Gasteiger partial charge in [0.25, 0.3) is 0 Å². The zero-order chi connectivity index (χ0) is 77.0. The largest absolute Gasteiger partial charge is 0.377 e. The van der Waals surface area contributed by atoms with E-state index in [1.807, 2.05) is 0 Å². The number of hydrogen-bond donors (Lipinski definition) is 0. The minimum Gasteiger partial charge on any atom is -0.377 e. The van der Waals surface area contributed by atoms with Crippen molar-refractivity contribution >= 4 is 5.69 Å². The molecule has 0 amide bonds. The molecule has 0 aliphatic rings. The summed E-state index contributed by atoms with van der Waals surface area (Å²) in [6.07, 6.45) is 0. The molecule has 0 unspecified atom stereocenters. The van der Waals surface area contributed by atoms with Crippen molar-refractivity contribution in [3.05, 3.63) is 262 Å². The van der Waals surface area contributed by atoms with Gasteiger partial charge in [0.2, 0.25) is 46.5 Å². The monoisotopic (exact) mass is 1500 g/mol. The lowest BCUT2D eigenvalue weighted by Gasteiger charge is -2.19. The van der Waals surface area contributed by atoms with Gasteiger partial charge in [-0.15, -0.1) is 0 Å². The lowest BCUT2D eigenvalue weighted by Crippen LogP contribution is -2.12. The zero-order valence-electron chi connectivity index (χ0n) is 47.7. The zero-order valence-corrected chi connectivity index (χ0v) is 47.7. The molecule has 0 fully saturated rings. The summed E-state index contributed by atoms with van der Waals surface area (Å²) in [4.78, 5) is 2.17. The third kappa shape index (κ3) is 14.0. The first-order chi connectivity index (χ1) is 45.9. The van der Waals surface area contributed by atoms with Crippen LogP contribution in [-0.2, 0) is 0 Å². The number of hydrogen-bond acceptors (Lipinski definition) is 1. The third-order valence-corrected chi connectivity index (χ3v) is 12.8. The van der Waals surface area contributed by atoms with Gasteiger partial charge in [-0.2, -0.15) is 0 Å². The first-order valence-electron chi connectivity index (χ1n) is 24.8. The second-order valence-corrected chi connectivity index (χ2v) is 19.2. The summed E-state index contributed by atoms with van der Waals surface area (Å²) >= 11 is 0. The van der Waals surface area contributed by atoms with Gasteiger partial charge < -0.3 is 4.90 Å². The Labute approximate surface area is 526 Å². The molecular formula is C59H17F40N. The summed E-state index contributed by atoms with van der Waals surface area (Å²) in [7, 11) is 4.18. The SMILES string of the molecule is Cc1cc(C)c(N(C)C)c(C)c1.Fc1c(F)c(F)c(-c2c(F)c(F)c(F)c(F)c2F)c(F)c1F.Fc1c(F)c(F)c(-c2c(F)c(F)c(F)c(F)c2F)c(F)c1F.Fc1c(F)c(F)c(-c2c(F)c(F)c(F)c(F)c2F)c(F)c1F.Fc1c(F)c(F)c(-c2c(F)c(F)c(F)c(F)c2F)c(F)c1F. The van der Waals surface area contributed by atoms with Gasteiger partial charge in [0.1, 0.15) is 0 Å². The summed E-state index contributed by atoms with van der Waals surface area (Å²) in [5.74, 6) is -107. The van der Waals surface area contributed by atoms with Gasteiger partial charge in [0.05, 0.1) is 44.5 Å². The average molecular weight is 1500 g/mol. The molecular weight excluding hydrogens is 1480 g/mol. The topological polar surface area (TPSA) is 3.24 Å². The molecule has 0 saturated heterocycles. The molecule has 100 heavy (non-hydrogen) atoms. The maximum Gasteiger partial charge on any atom is 0.200 e. The van der Waals surface area contributed by atoms with Crippen LogP contribution in [0.5, 0.6) is 0 Å². The highest BCUT2D eigenvalue weighted by Gasteiger charge is 2.39. The molecule has 0 saturated carbocycles. The fourth-order valence-electron chi connectivity index (χ4n) is 8.47. The van der Waals surface area contributed by atoms with Crippen LogP contribution >= 0.6 is 0 Å². The van der Waals surface area contributed by atoms with E-state index in [-0.39, 0.29) is 0 Å². The molecule has 0 atom stereocenters. The first-order valence-corrected chi connectivity index (χ1v) is 24.8. The second kappa shape index (κ2) is 30.2. The van der Waals surface area contributed by atoms with Crippen molar-refractivity contribution in [2.24, 2.45) is 0 Å². The van der Waals surface area contributed by atoms with E-state index in [0.29, 0.717) is 0 Å². The summed E-state index contributed by atoms with van der Waals surface area (Å²) in [6, 6.07) is 4.45. The van der Waals surface area contributed by atoms with Gasteiger partial charge in [0, 0.05) is 19.8 Å². The molecule has 9 rings (SSSR count). The molecule has 0 N–H and O–H groups in total. The number of aryl methyl sites for hydroxylation is 3. The number of nitrogens with zero attached hydrogens (tertiary/aromatic N) is 1. The lowest BCUT2D eigenvalue weighted by molar-refractivity contribution is 0.370. The first kappa shape index (κ1) is 80.7. The van der Waals surface area contributed by atoms with E-state index in [1.165, 1.54) is 22.4 Å². The van der Waals surface area contributed by atoms with Gasteiger partial charge in [-0.1, -0.05) is 17.7 Å². The molecule has 9 aromatic carbocycles. The molecule has 0 aliphatic heterocycles. The van der Waals surface area contributed by atoms with E-state index in [1.54, 1.807) is 0 Å². The highest BCUT2D eigenvalue weighted by Crippen LogP contribution is 2.43. The fraction of sp³-hybridized carbons (Fsp3) is 0.0847. The van der Waals surface area contributed by atoms with E-state index < -0.39 is 277 Å². The van der Waals surface area contributed by atoms with Crippen LogP contribution in [-0.4, -0.2) is 14.1 Å². The van der Waals surface area contributed by atoms with Crippen LogP contribution in [0.1, 0.15) is 16.7 Å². The fourth-order valence-corrected chi connectivity index (χ4v) is 8.47. The summed E-state index contributed by atoms with van der Waals surface area (Å²) in [6.45, 7) is 6.46. The Morgan fingerprint density at radius 2 is 0.230 bits per heavy atom. The van der Waals surface area contributed by atoms with E-state index >= 15 is 0 Å². The molecule has 41 heteroatoms. The third-order valence-electron chi connectivity index (χ3n) is 12.8. The van der Waals surface area contributed by atoms with Crippen LogP contribution in [0.3, 0.4) is 0 Å². The highest BCUT2D eigenvalue weighted by molar-refractivity contribution is 5.71. The predicted octanol–water partition coefficient (Wildman–Crippen LogP) is 21.7. The van der Waals surface area contributed by atoms with Crippen molar-refractivity contribution in [2.45, 2.75) is 20.8 Å². The molecule has 0 radical (unpaired) electrons. The van der Waals surface area contributed by atoms with Crippen LogP contribution in [0, 0.1) is 253 Å². The summed E-state index contributed by atoms with van der Waals surface area (Å²) < 4.78 is 525. The van der Waals surface area contributed by atoms with E-state index in [0.717, 1.165) is 0 Å². The van der Waals surface area contributed by atoms with Gasteiger partial charge >= 0.3 is 0 Å². The Morgan fingerprint density at radius 3 is 0.310 bits per heavy atom. The number of rotatable bonds is 5. The molecule has 9 aromatic rings. The van der Waals surface area contributed by atoms with Crippen molar-refractivity contribution in [1.82, 2.24) is 0 Å². The van der Waals surface area contributed by atoms with Crippen LogP contribution in [0.25, 0.3) is 44.5 Å². The smallest absolute Gasteiger partial charge is 0.200 e. The van der Waals surface area contributed by atoms with Crippen LogP contribution in [0.4, 0.5) is 181 Å². The second-order valence-electron chi connectivity index (χ2n) is 19.2. The highest BCUT2D eigenvalue weighted by atomic mass is 19.2. The maximum atomic E-state index is 13.4. The number of halogens is 40. The van der Waals surface area contributed by atoms with E-state index in [9.17, 15) is 176 Å².